The van der Waals surface area contributed by atoms with Gasteiger partial charge in [-0.2, -0.15) is 0 Å². The standard InChI is InChI=1S/C13H26N2O2S/c1-2-12-6-5-9-15(10-12)18(16,17)11-13-7-3-4-8-14-13/h12-14H,2-11H2,1H3. The van der Waals surface area contributed by atoms with E-state index in [2.05, 4.69) is 12.2 Å². The molecule has 1 N–H and O–H groups in total. The molecule has 0 amide bonds. The Morgan fingerprint density at radius 1 is 1.22 bits per heavy atom. The minimum absolute atomic E-state index is 0.172. The van der Waals surface area contributed by atoms with Gasteiger partial charge >= 0.3 is 0 Å². The van der Waals surface area contributed by atoms with Crippen molar-refractivity contribution in [2.45, 2.75) is 51.5 Å². The van der Waals surface area contributed by atoms with E-state index in [1.165, 1.54) is 12.8 Å². The van der Waals surface area contributed by atoms with Crippen LogP contribution in [0.25, 0.3) is 0 Å². The topological polar surface area (TPSA) is 49.4 Å². The average Bonchev–Trinajstić information content (AvgIpc) is 2.39. The minimum atomic E-state index is -3.06. The van der Waals surface area contributed by atoms with E-state index in [-0.39, 0.29) is 6.04 Å². The second-order valence-corrected chi connectivity index (χ2v) is 7.71. The van der Waals surface area contributed by atoms with Crippen molar-refractivity contribution >= 4 is 10.0 Å². The molecule has 0 bridgehead atoms. The molecular weight excluding hydrogens is 248 g/mol. The minimum Gasteiger partial charge on any atom is -0.313 e. The van der Waals surface area contributed by atoms with Gasteiger partial charge in [0.2, 0.25) is 10.0 Å². The maximum Gasteiger partial charge on any atom is 0.215 e. The van der Waals surface area contributed by atoms with Gasteiger partial charge in [0.15, 0.2) is 0 Å². The predicted molar refractivity (Wildman–Crippen MR) is 74.0 cm³/mol. The highest BCUT2D eigenvalue weighted by molar-refractivity contribution is 7.89. The van der Waals surface area contributed by atoms with Gasteiger partial charge in [-0.05, 0) is 38.1 Å². The molecule has 2 saturated heterocycles. The Kier molecular flexibility index (Phi) is 5.04. The van der Waals surface area contributed by atoms with Crippen LogP contribution in [0.4, 0.5) is 0 Å². The summed E-state index contributed by atoms with van der Waals surface area (Å²) in [4.78, 5) is 0. The monoisotopic (exact) mass is 274 g/mol. The zero-order valence-corrected chi connectivity index (χ0v) is 12.2. The number of nitrogens with one attached hydrogen (secondary N) is 1. The maximum atomic E-state index is 12.4. The third-order valence-corrected chi connectivity index (χ3v) is 6.22. The third kappa shape index (κ3) is 3.68. The van der Waals surface area contributed by atoms with Crippen molar-refractivity contribution in [3.8, 4) is 0 Å². The van der Waals surface area contributed by atoms with E-state index in [0.717, 1.165) is 45.3 Å². The average molecular weight is 274 g/mol. The van der Waals surface area contributed by atoms with E-state index in [0.29, 0.717) is 11.7 Å². The SMILES string of the molecule is CCC1CCCN(S(=O)(=O)CC2CCCCN2)C1. The van der Waals surface area contributed by atoms with Gasteiger partial charge in [-0.15, -0.1) is 0 Å². The van der Waals surface area contributed by atoms with Crippen LogP contribution in [0.3, 0.4) is 0 Å². The molecule has 0 saturated carbocycles. The zero-order chi connectivity index (χ0) is 13.0. The molecule has 4 nitrogen and oxygen atoms in total. The Labute approximate surface area is 111 Å². The van der Waals surface area contributed by atoms with Crippen LogP contribution in [0.2, 0.25) is 0 Å². The van der Waals surface area contributed by atoms with Crippen molar-refractivity contribution in [2.75, 3.05) is 25.4 Å². The molecule has 106 valence electrons. The lowest BCUT2D eigenvalue weighted by molar-refractivity contribution is 0.260. The molecule has 0 aromatic rings. The Bertz CT molecular complexity index is 350. The highest BCUT2D eigenvalue weighted by Crippen LogP contribution is 2.22. The van der Waals surface area contributed by atoms with E-state index in [1.54, 1.807) is 4.31 Å². The zero-order valence-electron chi connectivity index (χ0n) is 11.4. The number of rotatable bonds is 4. The van der Waals surface area contributed by atoms with Crippen molar-refractivity contribution < 1.29 is 8.42 Å². The van der Waals surface area contributed by atoms with Crippen molar-refractivity contribution in [3.63, 3.8) is 0 Å². The fourth-order valence-electron chi connectivity index (χ4n) is 3.04. The predicted octanol–water partition coefficient (Wildman–Crippen LogP) is 1.58. The summed E-state index contributed by atoms with van der Waals surface area (Å²) >= 11 is 0. The molecule has 0 aromatic heterocycles. The third-order valence-electron chi connectivity index (χ3n) is 4.28. The first-order chi connectivity index (χ1) is 8.62. The Balaban J connectivity index is 1.92. The molecule has 2 aliphatic heterocycles. The molecule has 0 radical (unpaired) electrons. The Morgan fingerprint density at radius 3 is 2.72 bits per heavy atom. The molecule has 0 aliphatic carbocycles. The maximum absolute atomic E-state index is 12.4. The van der Waals surface area contributed by atoms with Gasteiger partial charge in [-0.1, -0.05) is 19.8 Å². The second-order valence-electron chi connectivity index (χ2n) is 5.70. The van der Waals surface area contributed by atoms with Crippen LogP contribution in [0.15, 0.2) is 0 Å². The summed E-state index contributed by atoms with van der Waals surface area (Å²) in [6, 6.07) is 0.172. The highest BCUT2D eigenvalue weighted by Gasteiger charge is 2.30. The van der Waals surface area contributed by atoms with Gasteiger partial charge in [0.25, 0.3) is 0 Å². The van der Waals surface area contributed by atoms with Gasteiger partial charge in [-0.25, -0.2) is 12.7 Å². The first-order valence-corrected chi connectivity index (χ1v) is 8.94. The van der Waals surface area contributed by atoms with E-state index < -0.39 is 10.0 Å². The normalized spacial score (nSPS) is 31.4. The first-order valence-electron chi connectivity index (χ1n) is 7.33. The second kappa shape index (κ2) is 6.35. The quantitative estimate of drug-likeness (QED) is 0.847. The summed E-state index contributed by atoms with van der Waals surface area (Å²) in [6.45, 7) is 4.60. The summed E-state index contributed by atoms with van der Waals surface area (Å²) in [5, 5.41) is 3.33. The first kappa shape index (κ1) is 14.3. The van der Waals surface area contributed by atoms with Crippen molar-refractivity contribution in [1.29, 1.82) is 0 Å². The smallest absolute Gasteiger partial charge is 0.215 e. The Morgan fingerprint density at radius 2 is 2.06 bits per heavy atom. The number of nitrogens with zero attached hydrogens (tertiary/aromatic N) is 1. The van der Waals surface area contributed by atoms with Crippen molar-refractivity contribution in [2.24, 2.45) is 5.92 Å². The molecule has 2 atom stereocenters. The van der Waals surface area contributed by atoms with Crippen molar-refractivity contribution in [3.05, 3.63) is 0 Å². The van der Waals surface area contributed by atoms with Crippen molar-refractivity contribution in [1.82, 2.24) is 9.62 Å². The van der Waals surface area contributed by atoms with Crippen LogP contribution in [0.1, 0.15) is 45.4 Å². The molecule has 2 unspecified atom stereocenters. The van der Waals surface area contributed by atoms with E-state index >= 15 is 0 Å². The number of sulfonamides is 1. The molecule has 5 heteroatoms. The lowest BCUT2D eigenvalue weighted by Gasteiger charge is -2.33. The van der Waals surface area contributed by atoms with Gasteiger partial charge < -0.3 is 5.32 Å². The molecule has 2 rings (SSSR count). The molecule has 2 heterocycles. The molecule has 0 aromatic carbocycles. The fraction of sp³-hybridized carbons (Fsp3) is 1.00. The highest BCUT2D eigenvalue weighted by atomic mass is 32.2. The summed E-state index contributed by atoms with van der Waals surface area (Å²) in [5.41, 5.74) is 0. The van der Waals surface area contributed by atoms with Crippen LogP contribution in [0, 0.1) is 5.92 Å². The van der Waals surface area contributed by atoms with Gasteiger partial charge in [0.1, 0.15) is 0 Å². The van der Waals surface area contributed by atoms with Gasteiger partial charge in [0, 0.05) is 19.1 Å². The van der Waals surface area contributed by atoms with E-state index in [9.17, 15) is 8.42 Å². The summed E-state index contributed by atoms with van der Waals surface area (Å²) in [7, 11) is -3.06. The molecule has 2 fully saturated rings. The number of piperidine rings is 2. The largest absolute Gasteiger partial charge is 0.313 e. The number of hydrogen-bond donors (Lipinski definition) is 1. The summed E-state index contributed by atoms with van der Waals surface area (Å²) in [5.74, 6) is 0.858. The van der Waals surface area contributed by atoms with E-state index in [4.69, 9.17) is 0 Å². The summed E-state index contributed by atoms with van der Waals surface area (Å²) < 4.78 is 26.5. The molecule has 0 spiro atoms. The lowest BCUT2D eigenvalue weighted by Crippen LogP contribution is -2.47. The van der Waals surface area contributed by atoms with Crippen LogP contribution in [0.5, 0.6) is 0 Å². The van der Waals surface area contributed by atoms with Gasteiger partial charge in [-0.3, -0.25) is 0 Å². The summed E-state index contributed by atoms with van der Waals surface area (Å²) in [6.07, 6.45) is 6.64. The fourth-order valence-corrected chi connectivity index (χ4v) is 4.89. The molecule has 2 aliphatic rings. The van der Waals surface area contributed by atoms with Gasteiger partial charge in [0.05, 0.1) is 5.75 Å². The van der Waals surface area contributed by atoms with Crippen LogP contribution in [-0.4, -0.2) is 44.2 Å². The lowest BCUT2D eigenvalue weighted by atomic mass is 9.97. The molecular formula is C13H26N2O2S. The molecule has 18 heavy (non-hydrogen) atoms. The Hall–Kier alpha value is -0.130. The number of hydrogen-bond acceptors (Lipinski definition) is 3. The van der Waals surface area contributed by atoms with Crippen LogP contribution < -0.4 is 5.32 Å². The van der Waals surface area contributed by atoms with Crippen LogP contribution in [-0.2, 0) is 10.0 Å². The van der Waals surface area contributed by atoms with E-state index in [1.807, 2.05) is 0 Å². The van der Waals surface area contributed by atoms with Crippen LogP contribution >= 0.6 is 0 Å².